The Balaban J connectivity index is 1.71. The molecule has 2 amide bonds. The van der Waals surface area contributed by atoms with Crippen molar-refractivity contribution >= 4 is 28.9 Å². The summed E-state index contributed by atoms with van der Waals surface area (Å²) in [5, 5.41) is 4.85. The summed E-state index contributed by atoms with van der Waals surface area (Å²) in [7, 11) is 3.77. The van der Waals surface area contributed by atoms with Crippen molar-refractivity contribution in [2.75, 3.05) is 29.6 Å². The fourth-order valence-corrected chi connectivity index (χ4v) is 2.64. The molecule has 8 heteroatoms. The lowest BCUT2D eigenvalue weighted by molar-refractivity contribution is -0.131. The number of hydrogen-bond donors (Lipinski definition) is 2. The lowest BCUT2D eigenvalue weighted by Crippen LogP contribution is -2.36. The fraction of sp³-hybridized carbons (Fsp3) is 0.263. The summed E-state index contributed by atoms with van der Waals surface area (Å²) in [6.45, 7) is 0. The Bertz CT molecular complexity index is 894. The minimum Gasteiger partial charge on any atom is -0.378 e. The van der Waals surface area contributed by atoms with Crippen molar-refractivity contribution in [3.8, 4) is 0 Å². The number of nitrogens with zero attached hydrogens (tertiary/aromatic N) is 1. The highest BCUT2D eigenvalue weighted by molar-refractivity contribution is 6.16. The third-order valence-corrected chi connectivity index (χ3v) is 4.54. The van der Waals surface area contributed by atoms with E-state index in [4.69, 9.17) is 0 Å². The Kier molecular flexibility index (Phi) is 4.82. The molecule has 2 aromatic carbocycles. The molecule has 0 bridgehead atoms. The van der Waals surface area contributed by atoms with Gasteiger partial charge in [0.2, 0.25) is 11.8 Å². The molecule has 0 aromatic heterocycles. The molecule has 3 rings (SSSR count). The van der Waals surface area contributed by atoms with Crippen LogP contribution in [0.2, 0.25) is 0 Å². The molecule has 1 fully saturated rings. The van der Waals surface area contributed by atoms with Gasteiger partial charge in [-0.05, 0) is 49.2 Å². The number of amides is 2. The molecule has 0 aliphatic heterocycles. The summed E-state index contributed by atoms with van der Waals surface area (Å²) in [6, 6.07) is 8.66. The third-order valence-electron chi connectivity index (χ3n) is 4.54. The Hall–Kier alpha value is -3.03. The maximum Gasteiger partial charge on any atom is 0.240 e. The third kappa shape index (κ3) is 3.60. The second-order valence-electron chi connectivity index (χ2n) is 6.65. The molecule has 2 aromatic rings. The highest BCUT2D eigenvalue weighted by atomic mass is 19.2. The molecule has 1 aliphatic carbocycles. The minimum absolute atomic E-state index is 0.283. The van der Waals surface area contributed by atoms with Crippen molar-refractivity contribution in [3.05, 3.63) is 53.8 Å². The van der Waals surface area contributed by atoms with E-state index < -0.39 is 40.4 Å². The number of carbonyl (C=O) groups excluding carboxylic acids is 2. The highest BCUT2D eigenvalue weighted by Gasteiger charge is 2.56. The predicted molar refractivity (Wildman–Crippen MR) is 96.0 cm³/mol. The molecule has 0 heterocycles. The van der Waals surface area contributed by atoms with E-state index in [1.807, 2.05) is 31.1 Å². The summed E-state index contributed by atoms with van der Waals surface area (Å²) in [5.41, 5.74) is -0.393. The van der Waals surface area contributed by atoms with Crippen LogP contribution in [0.5, 0.6) is 0 Å². The van der Waals surface area contributed by atoms with Crippen LogP contribution in [0.4, 0.5) is 30.2 Å². The topological polar surface area (TPSA) is 61.4 Å². The van der Waals surface area contributed by atoms with Crippen molar-refractivity contribution in [3.63, 3.8) is 0 Å². The SMILES string of the molecule is CN(C)c1ccc(NC(=O)C2(C(=O)Nc3ccc(F)c(F)c3F)CC2)cc1. The smallest absolute Gasteiger partial charge is 0.240 e. The average Bonchev–Trinajstić information content (AvgIpc) is 3.44. The van der Waals surface area contributed by atoms with E-state index >= 15 is 0 Å². The van der Waals surface area contributed by atoms with Gasteiger partial charge in [0.25, 0.3) is 0 Å². The van der Waals surface area contributed by atoms with Gasteiger partial charge in [0, 0.05) is 25.5 Å². The zero-order chi connectivity index (χ0) is 19.8. The number of benzene rings is 2. The quantitative estimate of drug-likeness (QED) is 0.619. The van der Waals surface area contributed by atoms with E-state index in [0.29, 0.717) is 11.8 Å². The Labute approximate surface area is 154 Å². The predicted octanol–water partition coefficient (Wildman–Crippen LogP) is 3.53. The summed E-state index contributed by atoms with van der Waals surface area (Å²) in [6.07, 6.45) is 0.567. The fourth-order valence-electron chi connectivity index (χ4n) is 2.64. The monoisotopic (exact) mass is 377 g/mol. The molecule has 27 heavy (non-hydrogen) atoms. The average molecular weight is 377 g/mol. The van der Waals surface area contributed by atoms with E-state index in [1.54, 1.807) is 12.1 Å². The first-order chi connectivity index (χ1) is 12.7. The van der Waals surface area contributed by atoms with E-state index in [1.165, 1.54) is 0 Å². The van der Waals surface area contributed by atoms with Crippen molar-refractivity contribution in [2.24, 2.45) is 5.41 Å². The number of carbonyl (C=O) groups is 2. The maximum absolute atomic E-state index is 13.7. The lowest BCUT2D eigenvalue weighted by atomic mass is 10.0. The van der Waals surface area contributed by atoms with E-state index in [-0.39, 0.29) is 12.8 Å². The highest BCUT2D eigenvalue weighted by Crippen LogP contribution is 2.47. The number of rotatable bonds is 5. The van der Waals surface area contributed by atoms with Crippen LogP contribution in [-0.4, -0.2) is 25.9 Å². The van der Waals surface area contributed by atoms with Gasteiger partial charge in [0.05, 0.1) is 5.69 Å². The van der Waals surface area contributed by atoms with Gasteiger partial charge in [-0.3, -0.25) is 9.59 Å². The van der Waals surface area contributed by atoms with Gasteiger partial charge in [0.15, 0.2) is 17.5 Å². The standard InChI is InChI=1S/C19H18F3N3O2/c1-25(2)12-5-3-11(4-6-12)23-17(26)19(9-10-19)18(27)24-14-8-7-13(20)15(21)16(14)22/h3-8H,9-10H2,1-2H3,(H,23,26)(H,24,27). The second kappa shape index (κ2) is 6.94. The number of nitrogens with one attached hydrogen (secondary N) is 2. The van der Waals surface area contributed by atoms with Crippen molar-refractivity contribution in [2.45, 2.75) is 12.8 Å². The molecular weight excluding hydrogens is 359 g/mol. The van der Waals surface area contributed by atoms with Gasteiger partial charge in [-0.2, -0.15) is 0 Å². The molecule has 1 saturated carbocycles. The summed E-state index contributed by atoms with van der Waals surface area (Å²) in [5.74, 6) is -5.82. The van der Waals surface area contributed by atoms with Gasteiger partial charge in [-0.15, -0.1) is 0 Å². The van der Waals surface area contributed by atoms with Crippen molar-refractivity contribution in [1.82, 2.24) is 0 Å². The molecule has 142 valence electrons. The zero-order valence-electron chi connectivity index (χ0n) is 14.8. The normalized spacial score (nSPS) is 14.4. The molecule has 5 nitrogen and oxygen atoms in total. The van der Waals surface area contributed by atoms with E-state index in [2.05, 4.69) is 10.6 Å². The van der Waals surface area contributed by atoms with E-state index in [9.17, 15) is 22.8 Å². The molecule has 1 aliphatic rings. The van der Waals surface area contributed by atoms with Gasteiger partial charge in [-0.25, -0.2) is 13.2 Å². The van der Waals surface area contributed by atoms with Gasteiger partial charge in [0.1, 0.15) is 5.41 Å². The first-order valence-electron chi connectivity index (χ1n) is 8.28. The minimum atomic E-state index is -1.68. The van der Waals surface area contributed by atoms with Crippen molar-refractivity contribution < 1.29 is 22.8 Å². The van der Waals surface area contributed by atoms with Gasteiger partial charge >= 0.3 is 0 Å². The lowest BCUT2D eigenvalue weighted by Gasteiger charge is -2.17. The van der Waals surface area contributed by atoms with Crippen LogP contribution in [0.3, 0.4) is 0 Å². The molecule has 2 N–H and O–H groups in total. The number of hydrogen-bond acceptors (Lipinski definition) is 3. The molecule has 0 radical (unpaired) electrons. The first kappa shape index (κ1) is 18.8. The Morgan fingerprint density at radius 3 is 2.04 bits per heavy atom. The van der Waals surface area contributed by atoms with Crippen LogP contribution in [0.15, 0.2) is 36.4 Å². The summed E-state index contributed by atoms with van der Waals surface area (Å²) >= 11 is 0. The number of halogens is 3. The largest absolute Gasteiger partial charge is 0.378 e. The second-order valence-corrected chi connectivity index (χ2v) is 6.65. The summed E-state index contributed by atoms with van der Waals surface area (Å²) < 4.78 is 40.1. The van der Waals surface area contributed by atoms with Crippen LogP contribution >= 0.6 is 0 Å². The number of anilines is 3. The van der Waals surface area contributed by atoms with Crippen molar-refractivity contribution in [1.29, 1.82) is 0 Å². The molecule has 0 unspecified atom stereocenters. The zero-order valence-corrected chi connectivity index (χ0v) is 14.8. The molecule has 0 saturated heterocycles. The Morgan fingerprint density at radius 1 is 0.889 bits per heavy atom. The van der Waals surface area contributed by atoms with Crippen LogP contribution in [0, 0.1) is 22.9 Å². The van der Waals surface area contributed by atoms with Crippen LogP contribution in [-0.2, 0) is 9.59 Å². The van der Waals surface area contributed by atoms with E-state index in [0.717, 1.165) is 11.8 Å². The molecule has 0 spiro atoms. The summed E-state index contributed by atoms with van der Waals surface area (Å²) in [4.78, 5) is 26.9. The first-order valence-corrected chi connectivity index (χ1v) is 8.28. The van der Waals surface area contributed by atoms with Gasteiger partial charge < -0.3 is 15.5 Å². The van der Waals surface area contributed by atoms with Crippen LogP contribution < -0.4 is 15.5 Å². The Morgan fingerprint density at radius 2 is 1.48 bits per heavy atom. The van der Waals surface area contributed by atoms with Crippen LogP contribution in [0.1, 0.15) is 12.8 Å². The van der Waals surface area contributed by atoms with Crippen LogP contribution in [0.25, 0.3) is 0 Å². The molecule has 0 atom stereocenters. The maximum atomic E-state index is 13.7. The van der Waals surface area contributed by atoms with Gasteiger partial charge in [-0.1, -0.05) is 0 Å². The molecular formula is C19H18F3N3O2.